The molecular weight excluding hydrogens is 168 g/mol. The summed E-state index contributed by atoms with van der Waals surface area (Å²) in [6.45, 7) is 7.86. The highest BCUT2D eigenvalue weighted by Gasteiger charge is 2.19. The number of carboxylic acids is 1. The SMILES string of the molecule is CC(C)CCC(OC(C)C)C(=O)O. The lowest BCUT2D eigenvalue weighted by molar-refractivity contribution is -0.153. The molecule has 0 rings (SSSR count). The monoisotopic (exact) mass is 188 g/mol. The van der Waals surface area contributed by atoms with E-state index in [9.17, 15) is 4.79 Å². The van der Waals surface area contributed by atoms with Crippen molar-refractivity contribution in [2.45, 2.75) is 52.7 Å². The first-order valence-corrected chi connectivity index (χ1v) is 4.81. The Morgan fingerprint density at radius 3 is 2.08 bits per heavy atom. The topological polar surface area (TPSA) is 46.5 Å². The van der Waals surface area contributed by atoms with Gasteiger partial charge in [0.15, 0.2) is 6.10 Å². The first kappa shape index (κ1) is 12.4. The summed E-state index contributed by atoms with van der Waals surface area (Å²) in [6.07, 6.45) is 0.838. The highest BCUT2D eigenvalue weighted by atomic mass is 16.5. The van der Waals surface area contributed by atoms with Crippen molar-refractivity contribution in [3.8, 4) is 0 Å². The molecule has 0 aromatic heterocycles. The molecule has 1 atom stereocenters. The highest BCUT2D eigenvalue weighted by Crippen LogP contribution is 2.11. The molecule has 0 amide bonds. The Hall–Kier alpha value is -0.570. The Bertz CT molecular complexity index is 152. The zero-order valence-electron chi connectivity index (χ0n) is 8.91. The van der Waals surface area contributed by atoms with Crippen molar-refractivity contribution in [3.63, 3.8) is 0 Å². The van der Waals surface area contributed by atoms with E-state index >= 15 is 0 Å². The van der Waals surface area contributed by atoms with Crippen LogP contribution >= 0.6 is 0 Å². The maximum absolute atomic E-state index is 10.7. The van der Waals surface area contributed by atoms with E-state index in [2.05, 4.69) is 13.8 Å². The smallest absolute Gasteiger partial charge is 0.332 e. The van der Waals surface area contributed by atoms with Crippen LogP contribution in [0.25, 0.3) is 0 Å². The van der Waals surface area contributed by atoms with Gasteiger partial charge < -0.3 is 9.84 Å². The lowest BCUT2D eigenvalue weighted by Crippen LogP contribution is -2.27. The minimum absolute atomic E-state index is 0.0201. The molecule has 0 aromatic carbocycles. The van der Waals surface area contributed by atoms with E-state index in [1.807, 2.05) is 13.8 Å². The fraction of sp³-hybridized carbons (Fsp3) is 0.900. The van der Waals surface area contributed by atoms with E-state index in [-0.39, 0.29) is 6.10 Å². The molecule has 0 aromatic rings. The fourth-order valence-electron chi connectivity index (χ4n) is 1.06. The van der Waals surface area contributed by atoms with E-state index < -0.39 is 12.1 Å². The third kappa shape index (κ3) is 6.58. The Kier molecular flexibility index (Phi) is 5.71. The molecule has 1 N–H and O–H groups in total. The van der Waals surface area contributed by atoms with E-state index in [1.54, 1.807) is 0 Å². The van der Waals surface area contributed by atoms with Gasteiger partial charge in [0.25, 0.3) is 0 Å². The molecule has 0 aliphatic heterocycles. The van der Waals surface area contributed by atoms with Crippen molar-refractivity contribution in [2.24, 2.45) is 5.92 Å². The lowest BCUT2D eigenvalue weighted by Gasteiger charge is -2.17. The summed E-state index contributed by atoms with van der Waals surface area (Å²) in [6, 6.07) is 0. The summed E-state index contributed by atoms with van der Waals surface area (Å²) in [4.78, 5) is 10.7. The van der Waals surface area contributed by atoms with Crippen LogP contribution in [0.4, 0.5) is 0 Å². The van der Waals surface area contributed by atoms with Crippen LogP contribution < -0.4 is 0 Å². The average Bonchev–Trinajstić information content (AvgIpc) is 1.96. The van der Waals surface area contributed by atoms with Gasteiger partial charge in [-0.1, -0.05) is 13.8 Å². The number of carbonyl (C=O) groups is 1. The van der Waals surface area contributed by atoms with Crippen LogP contribution in [-0.4, -0.2) is 23.3 Å². The van der Waals surface area contributed by atoms with Crippen molar-refractivity contribution in [1.82, 2.24) is 0 Å². The zero-order chi connectivity index (χ0) is 10.4. The first-order valence-electron chi connectivity index (χ1n) is 4.81. The number of hydrogen-bond acceptors (Lipinski definition) is 2. The molecule has 3 nitrogen and oxygen atoms in total. The molecule has 0 spiro atoms. The second-order valence-corrected chi connectivity index (χ2v) is 3.98. The van der Waals surface area contributed by atoms with Crippen LogP contribution in [0.1, 0.15) is 40.5 Å². The molecule has 0 aliphatic rings. The summed E-state index contributed by atoms with van der Waals surface area (Å²) < 4.78 is 5.26. The molecule has 1 unspecified atom stereocenters. The molecular formula is C10H20O3. The minimum Gasteiger partial charge on any atom is -0.479 e. The predicted molar refractivity (Wildman–Crippen MR) is 51.7 cm³/mol. The van der Waals surface area contributed by atoms with Crippen LogP contribution in [0.5, 0.6) is 0 Å². The fourth-order valence-corrected chi connectivity index (χ4v) is 1.06. The van der Waals surface area contributed by atoms with Crippen molar-refractivity contribution < 1.29 is 14.6 Å². The molecule has 0 saturated carbocycles. The molecule has 0 radical (unpaired) electrons. The standard InChI is InChI=1S/C10H20O3/c1-7(2)5-6-9(10(11)12)13-8(3)4/h7-9H,5-6H2,1-4H3,(H,11,12). The molecule has 0 heterocycles. The second-order valence-electron chi connectivity index (χ2n) is 3.98. The Morgan fingerprint density at radius 2 is 1.77 bits per heavy atom. The molecule has 0 bridgehead atoms. The molecule has 13 heavy (non-hydrogen) atoms. The molecule has 3 heteroatoms. The summed E-state index contributed by atoms with van der Waals surface area (Å²) in [5.41, 5.74) is 0. The third-order valence-electron chi connectivity index (χ3n) is 1.72. The second kappa shape index (κ2) is 5.97. The summed E-state index contributed by atoms with van der Waals surface area (Å²) in [5, 5.41) is 8.81. The van der Waals surface area contributed by atoms with Gasteiger partial charge in [-0.05, 0) is 32.6 Å². The number of hydrogen-bond donors (Lipinski definition) is 1. The molecule has 78 valence electrons. The van der Waals surface area contributed by atoms with E-state index in [1.165, 1.54) is 0 Å². The Balaban J connectivity index is 3.88. The largest absolute Gasteiger partial charge is 0.479 e. The van der Waals surface area contributed by atoms with Gasteiger partial charge in [-0.15, -0.1) is 0 Å². The summed E-state index contributed by atoms with van der Waals surface area (Å²) in [5.74, 6) is -0.327. The normalized spacial score (nSPS) is 13.7. The van der Waals surface area contributed by atoms with Gasteiger partial charge in [-0.25, -0.2) is 4.79 Å². The van der Waals surface area contributed by atoms with Gasteiger partial charge in [0.1, 0.15) is 0 Å². The Morgan fingerprint density at radius 1 is 1.23 bits per heavy atom. The maximum Gasteiger partial charge on any atom is 0.332 e. The van der Waals surface area contributed by atoms with Crippen molar-refractivity contribution >= 4 is 5.97 Å². The predicted octanol–water partition coefficient (Wildman–Crippen LogP) is 2.30. The van der Waals surface area contributed by atoms with Crippen LogP contribution in [0.3, 0.4) is 0 Å². The quantitative estimate of drug-likeness (QED) is 0.695. The minimum atomic E-state index is -0.852. The van der Waals surface area contributed by atoms with E-state index in [4.69, 9.17) is 9.84 Å². The van der Waals surface area contributed by atoms with Gasteiger partial charge in [0.2, 0.25) is 0 Å². The lowest BCUT2D eigenvalue weighted by atomic mass is 10.0. The number of aliphatic carboxylic acids is 1. The van der Waals surface area contributed by atoms with Crippen molar-refractivity contribution in [2.75, 3.05) is 0 Å². The van der Waals surface area contributed by atoms with Crippen LogP contribution in [0.2, 0.25) is 0 Å². The van der Waals surface area contributed by atoms with E-state index in [0.29, 0.717) is 12.3 Å². The summed E-state index contributed by atoms with van der Waals surface area (Å²) >= 11 is 0. The van der Waals surface area contributed by atoms with Crippen molar-refractivity contribution in [1.29, 1.82) is 0 Å². The highest BCUT2D eigenvalue weighted by molar-refractivity contribution is 5.72. The number of rotatable bonds is 6. The maximum atomic E-state index is 10.7. The van der Waals surface area contributed by atoms with Gasteiger partial charge in [0, 0.05) is 0 Å². The summed E-state index contributed by atoms with van der Waals surface area (Å²) in [7, 11) is 0. The van der Waals surface area contributed by atoms with Gasteiger partial charge >= 0.3 is 5.97 Å². The average molecular weight is 188 g/mol. The van der Waals surface area contributed by atoms with Gasteiger partial charge in [-0.3, -0.25) is 0 Å². The van der Waals surface area contributed by atoms with E-state index in [0.717, 1.165) is 6.42 Å². The van der Waals surface area contributed by atoms with Crippen LogP contribution in [0, 0.1) is 5.92 Å². The Labute approximate surface area is 80.1 Å². The van der Waals surface area contributed by atoms with Gasteiger partial charge in [-0.2, -0.15) is 0 Å². The van der Waals surface area contributed by atoms with Crippen LogP contribution in [0.15, 0.2) is 0 Å². The zero-order valence-corrected chi connectivity index (χ0v) is 8.91. The molecule has 0 aliphatic carbocycles. The number of ether oxygens (including phenoxy) is 1. The third-order valence-corrected chi connectivity index (χ3v) is 1.72. The first-order chi connectivity index (χ1) is 5.93. The van der Waals surface area contributed by atoms with Gasteiger partial charge in [0.05, 0.1) is 6.10 Å². The van der Waals surface area contributed by atoms with Crippen molar-refractivity contribution in [3.05, 3.63) is 0 Å². The number of carboxylic acid groups (broad SMARTS) is 1. The molecule has 0 fully saturated rings. The van der Waals surface area contributed by atoms with Crippen LogP contribution in [-0.2, 0) is 9.53 Å². The molecule has 0 saturated heterocycles.